The minimum atomic E-state index is 0.00459. The van der Waals surface area contributed by atoms with Crippen LogP contribution in [0.15, 0.2) is 53.2 Å². The number of aliphatic imine (C=N–C) groups is 1. The van der Waals surface area contributed by atoms with Crippen molar-refractivity contribution >= 4 is 35.2 Å². The first kappa shape index (κ1) is 16.7. The third kappa shape index (κ3) is 3.37. The van der Waals surface area contributed by atoms with Crippen molar-refractivity contribution in [1.82, 2.24) is 4.90 Å². The van der Waals surface area contributed by atoms with E-state index in [1.807, 2.05) is 49.5 Å². The highest BCUT2D eigenvalue weighted by Crippen LogP contribution is 2.32. The van der Waals surface area contributed by atoms with E-state index in [2.05, 4.69) is 4.99 Å². The van der Waals surface area contributed by atoms with Crippen LogP contribution in [0.1, 0.15) is 15.9 Å². The Morgan fingerprint density at radius 3 is 2.54 bits per heavy atom. The lowest BCUT2D eigenvalue weighted by molar-refractivity contribution is 0.103. The topological polar surface area (TPSA) is 32.7 Å². The molecule has 5 heteroatoms. The van der Waals surface area contributed by atoms with Crippen molar-refractivity contribution in [3.63, 3.8) is 0 Å². The van der Waals surface area contributed by atoms with Crippen LogP contribution in [0.2, 0.25) is 10.0 Å². The molecule has 1 heterocycles. The van der Waals surface area contributed by atoms with Crippen molar-refractivity contribution < 1.29 is 4.79 Å². The Bertz CT molecular complexity index is 870. The summed E-state index contributed by atoms with van der Waals surface area (Å²) in [5.74, 6) is 0.00459. The van der Waals surface area contributed by atoms with Gasteiger partial charge in [0.25, 0.3) is 0 Å². The summed E-state index contributed by atoms with van der Waals surface area (Å²) in [6.45, 7) is 0.378. The predicted molar refractivity (Wildman–Crippen MR) is 100 cm³/mol. The van der Waals surface area contributed by atoms with E-state index in [1.165, 1.54) is 0 Å². The highest BCUT2D eigenvalue weighted by Gasteiger charge is 2.19. The minimum absolute atomic E-state index is 0.00459. The maximum absolute atomic E-state index is 12.7. The Morgan fingerprint density at radius 1 is 1.08 bits per heavy atom. The molecule has 0 aromatic heterocycles. The quantitative estimate of drug-likeness (QED) is 0.727. The summed E-state index contributed by atoms with van der Waals surface area (Å²) in [4.78, 5) is 18.9. The van der Waals surface area contributed by atoms with Gasteiger partial charge in [-0.1, -0.05) is 35.3 Å². The summed E-state index contributed by atoms with van der Waals surface area (Å²) in [6.07, 6.45) is 3.57. The van der Waals surface area contributed by atoms with Crippen LogP contribution < -0.4 is 0 Å². The number of fused-ring (bicyclic) bond motifs is 1. The fourth-order valence-corrected chi connectivity index (χ4v) is 3.18. The van der Waals surface area contributed by atoms with Crippen LogP contribution in [0.25, 0.3) is 11.1 Å². The van der Waals surface area contributed by atoms with Crippen molar-refractivity contribution in [3.8, 4) is 11.1 Å². The molecule has 0 unspecified atom stereocenters. The largest absolute Gasteiger partial charge is 0.383 e. The molecule has 2 aromatic carbocycles. The van der Waals surface area contributed by atoms with Crippen LogP contribution in [0.5, 0.6) is 0 Å². The Hall–Kier alpha value is -2.10. The maximum Gasteiger partial charge on any atom is 0.192 e. The van der Waals surface area contributed by atoms with E-state index in [0.717, 1.165) is 16.7 Å². The van der Waals surface area contributed by atoms with Crippen LogP contribution in [0.4, 0.5) is 0 Å². The lowest BCUT2D eigenvalue weighted by atomic mass is 9.95. The minimum Gasteiger partial charge on any atom is -0.383 e. The molecule has 0 N–H and O–H groups in total. The number of carbonyl (C=O) groups excluding carboxylic acids is 1. The number of benzene rings is 2. The lowest BCUT2D eigenvalue weighted by Crippen LogP contribution is -2.11. The van der Waals surface area contributed by atoms with Gasteiger partial charge in [-0.25, -0.2) is 0 Å². The number of ketones is 1. The van der Waals surface area contributed by atoms with E-state index < -0.39 is 0 Å². The Labute approximate surface area is 151 Å². The summed E-state index contributed by atoms with van der Waals surface area (Å²) in [5, 5.41) is 1.17. The molecule has 0 radical (unpaired) electrons. The molecule has 24 heavy (non-hydrogen) atoms. The molecular formula is C19H16Cl2N2O. The zero-order chi connectivity index (χ0) is 17.3. The molecule has 0 amide bonds. The molecule has 0 saturated carbocycles. The van der Waals surface area contributed by atoms with E-state index >= 15 is 0 Å². The van der Waals surface area contributed by atoms with Gasteiger partial charge in [-0.3, -0.25) is 9.79 Å². The molecule has 3 rings (SSSR count). The highest BCUT2D eigenvalue weighted by atomic mass is 35.5. The van der Waals surface area contributed by atoms with Gasteiger partial charge in [-0.05, 0) is 29.8 Å². The van der Waals surface area contributed by atoms with Crippen molar-refractivity contribution in [2.75, 3.05) is 20.6 Å². The van der Waals surface area contributed by atoms with Crippen molar-refractivity contribution in [1.29, 1.82) is 0 Å². The monoisotopic (exact) mass is 358 g/mol. The molecule has 0 aliphatic carbocycles. The smallest absolute Gasteiger partial charge is 0.192 e. The highest BCUT2D eigenvalue weighted by molar-refractivity contribution is 6.36. The van der Waals surface area contributed by atoms with Gasteiger partial charge in [0.15, 0.2) is 5.78 Å². The Morgan fingerprint density at radius 2 is 1.83 bits per heavy atom. The van der Waals surface area contributed by atoms with Gasteiger partial charge >= 0.3 is 0 Å². The second-order valence-corrected chi connectivity index (χ2v) is 6.69. The van der Waals surface area contributed by atoms with E-state index in [0.29, 0.717) is 27.7 Å². The van der Waals surface area contributed by atoms with E-state index in [-0.39, 0.29) is 5.78 Å². The number of halogens is 2. The second-order valence-electron chi connectivity index (χ2n) is 5.84. The van der Waals surface area contributed by atoms with E-state index in [4.69, 9.17) is 23.2 Å². The number of hydrogen-bond acceptors (Lipinski definition) is 3. The molecule has 0 spiro atoms. The summed E-state index contributed by atoms with van der Waals surface area (Å²) < 4.78 is 0. The summed E-state index contributed by atoms with van der Waals surface area (Å²) >= 11 is 12.2. The van der Waals surface area contributed by atoms with Crippen molar-refractivity contribution in [3.05, 3.63) is 69.3 Å². The first-order chi connectivity index (χ1) is 11.5. The lowest BCUT2D eigenvalue weighted by Gasteiger charge is -2.11. The average molecular weight is 359 g/mol. The van der Waals surface area contributed by atoms with Gasteiger partial charge in [0.1, 0.15) is 0 Å². The number of nitrogens with zero attached hydrogens (tertiary/aromatic N) is 2. The molecule has 0 saturated heterocycles. The third-order valence-electron chi connectivity index (χ3n) is 3.74. The van der Waals surface area contributed by atoms with Crippen LogP contribution in [0, 0.1) is 0 Å². The molecule has 3 nitrogen and oxygen atoms in total. The predicted octanol–water partition coefficient (Wildman–Crippen LogP) is 4.72. The number of rotatable bonds is 2. The zero-order valence-corrected chi connectivity index (χ0v) is 14.9. The summed E-state index contributed by atoms with van der Waals surface area (Å²) in [6, 6.07) is 11.0. The van der Waals surface area contributed by atoms with Gasteiger partial charge in [0.05, 0.1) is 6.54 Å². The maximum atomic E-state index is 12.7. The SMILES string of the molecule is CN(C)C=C1CN=Cc2cc(-c3ccc(Cl)cc3Cl)ccc2C1=O. The number of Topliss-reactive ketones (excluding diaryl/α,β-unsaturated/α-hetero) is 1. The Kier molecular flexibility index (Phi) is 4.74. The van der Waals surface area contributed by atoms with Crippen LogP contribution in [-0.4, -0.2) is 37.5 Å². The van der Waals surface area contributed by atoms with E-state index in [9.17, 15) is 4.79 Å². The van der Waals surface area contributed by atoms with Crippen molar-refractivity contribution in [2.24, 2.45) is 4.99 Å². The fraction of sp³-hybridized carbons (Fsp3) is 0.158. The summed E-state index contributed by atoms with van der Waals surface area (Å²) in [5.41, 5.74) is 3.92. The second kappa shape index (κ2) is 6.80. The van der Waals surface area contributed by atoms with Gasteiger partial charge in [-0.2, -0.15) is 0 Å². The molecule has 0 bridgehead atoms. The molecule has 1 aliphatic rings. The number of carbonyl (C=O) groups is 1. The standard InChI is InChI=1S/C19H16Cl2N2O/c1-23(2)11-14-10-22-9-13-7-12(3-5-17(13)19(14)24)16-6-4-15(20)8-18(16)21/h3-9,11H,10H2,1-2H3. The molecule has 2 aromatic rings. The van der Waals surface area contributed by atoms with Gasteiger partial charge < -0.3 is 4.90 Å². The first-order valence-electron chi connectivity index (χ1n) is 7.47. The van der Waals surface area contributed by atoms with Crippen LogP contribution >= 0.6 is 23.2 Å². The molecule has 0 fully saturated rings. The molecule has 1 aliphatic heterocycles. The van der Waals surface area contributed by atoms with Gasteiger partial charge in [-0.15, -0.1) is 0 Å². The van der Waals surface area contributed by atoms with E-state index in [1.54, 1.807) is 18.3 Å². The average Bonchev–Trinajstić information content (AvgIpc) is 2.66. The molecule has 122 valence electrons. The third-order valence-corrected chi connectivity index (χ3v) is 4.28. The van der Waals surface area contributed by atoms with Crippen LogP contribution in [-0.2, 0) is 0 Å². The normalized spacial score (nSPS) is 15.3. The molecule has 0 atom stereocenters. The Balaban J connectivity index is 2.06. The zero-order valence-electron chi connectivity index (χ0n) is 13.4. The van der Waals surface area contributed by atoms with Crippen LogP contribution in [0.3, 0.4) is 0 Å². The first-order valence-corrected chi connectivity index (χ1v) is 8.22. The van der Waals surface area contributed by atoms with Gasteiger partial charge in [0.2, 0.25) is 0 Å². The number of hydrogen-bond donors (Lipinski definition) is 0. The molecular weight excluding hydrogens is 343 g/mol. The van der Waals surface area contributed by atoms with Gasteiger partial charge in [0, 0.05) is 58.8 Å². The fourth-order valence-electron chi connectivity index (χ4n) is 2.67. The summed E-state index contributed by atoms with van der Waals surface area (Å²) in [7, 11) is 3.78. The van der Waals surface area contributed by atoms with Crippen molar-refractivity contribution in [2.45, 2.75) is 0 Å².